The van der Waals surface area contributed by atoms with Gasteiger partial charge in [0.05, 0.1) is 25.1 Å². The molecule has 0 aliphatic heterocycles. The van der Waals surface area contributed by atoms with E-state index in [1.165, 1.54) is 6.26 Å². The Balaban J connectivity index is 2.01. The number of methoxy groups -OCH3 is 1. The van der Waals surface area contributed by atoms with E-state index in [0.717, 1.165) is 16.9 Å². The molecule has 0 saturated heterocycles. The molecule has 0 fully saturated rings. The minimum absolute atomic E-state index is 0.478. The third-order valence-corrected chi connectivity index (χ3v) is 3.05. The molecule has 3 rings (SSSR count). The Labute approximate surface area is 128 Å². The van der Waals surface area contributed by atoms with Crippen molar-refractivity contribution in [1.82, 2.24) is 4.98 Å². The van der Waals surface area contributed by atoms with Gasteiger partial charge in [-0.15, -0.1) is 0 Å². The Morgan fingerprint density at radius 3 is 2.55 bits per heavy atom. The number of para-hydroxylation sites is 2. The highest BCUT2D eigenvalue weighted by Gasteiger charge is 2.15. The lowest BCUT2D eigenvalue weighted by atomic mass is 10.1. The molecule has 0 unspecified atom stereocenters. The number of ether oxygens (including phenoxy) is 2. The van der Waals surface area contributed by atoms with Crippen LogP contribution in [0.1, 0.15) is 11.5 Å². The molecule has 1 aromatic heterocycles. The topological polar surface area (TPSA) is 44.5 Å². The molecule has 4 nitrogen and oxygen atoms in total. The molecule has 110 valence electrons. The summed E-state index contributed by atoms with van der Waals surface area (Å²) in [6, 6.07) is 17.3. The summed E-state index contributed by atoms with van der Waals surface area (Å²) in [7, 11) is 1.59. The van der Waals surface area contributed by atoms with Crippen molar-refractivity contribution in [2.45, 2.75) is 0 Å². The van der Waals surface area contributed by atoms with Crippen LogP contribution in [0.2, 0.25) is 0 Å². The van der Waals surface area contributed by atoms with Gasteiger partial charge in [0.2, 0.25) is 5.89 Å². The smallest absolute Gasteiger partial charge is 0.229 e. The molecular weight excluding hydrogens is 278 g/mol. The van der Waals surface area contributed by atoms with Gasteiger partial charge in [-0.1, -0.05) is 36.4 Å². The third-order valence-electron chi connectivity index (χ3n) is 3.05. The van der Waals surface area contributed by atoms with Crippen LogP contribution in [-0.4, -0.2) is 12.1 Å². The van der Waals surface area contributed by atoms with Gasteiger partial charge in [0, 0.05) is 5.56 Å². The van der Waals surface area contributed by atoms with E-state index in [0.29, 0.717) is 11.6 Å². The summed E-state index contributed by atoms with van der Waals surface area (Å²) in [5.41, 5.74) is 1.56. The lowest BCUT2D eigenvalue weighted by Crippen LogP contribution is -1.94. The van der Waals surface area contributed by atoms with Crippen LogP contribution in [0.15, 0.2) is 77.7 Å². The quantitative estimate of drug-likeness (QED) is 0.650. The van der Waals surface area contributed by atoms with E-state index in [-0.39, 0.29) is 0 Å². The zero-order chi connectivity index (χ0) is 15.2. The Kier molecular flexibility index (Phi) is 4.20. The molecular formula is C18H15NO3. The van der Waals surface area contributed by atoms with E-state index in [1.54, 1.807) is 19.6 Å². The monoisotopic (exact) mass is 293 g/mol. The predicted octanol–water partition coefficient (Wildman–Crippen LogP) is 4.50. The average Bonchev–Trinajstić information content (AvgIpc) is 3.09. The summed E-state index contributed by atoms with van der Waals surface area (Å²) in [6.45, 7) is 0. The SMILES string of the molecule is CO/C=C(\c1ncco1)c1ccccc1Oc1ccccc1. The Bertz CT molecular complexity index is 749. The maximum absolute atomic E-state index is 5.97. The van der Waals surface area contributed by atoms with Crippen molar-refractivity contribution < 1.29 is 13.9 Å². The van der Waals surface area contributed by atoms with Crippen molar-refractivity contribution in [1.29, 1.82) is 0 Å². The van der Waals surface area contributed by atoms with Crippen LogP contribution < -0.4 is 4.74 Å². The summed E-state index contributed by atoms with van der Waals surface area (Å²) in [5.74, 6) is 1.94. The normalized spacial score (nSPS) is 11.2. The van der Waals surface area contributed by atoms with E-state index in [4.69, 9.17) is 13.9 Å². The predicted molar refractivity (Wildman–Crippen MR) is 83.5 cm³/mol. The Morgan fingerprint density at radius 2 is 1.82 bits per heavy atom. The van der Waals surface area contributed by atoms with Crippen LogP contribution in [0.5, 0.6) is 11.5 Å². The fourth-order valence-electron chi connectivity index (χ4n) is 2.10. The zero-order valence-corrected chi connectivity index (χ0v) is 12.1. The van der Waals surface area contributed by atoms with Crippen molar-refractivity contribution in [2.75, 3.05) is 7.11 Å². The third kappa shape index (κ3) is 3.01. The molecule has 0 saturated carbocycles. The fourth-order valence-corrected chi connectivity index (χ4v) is 2.10. The molecule has 1 heterocycles. The molecule has 4 heteroatoms. The molecule has 0 aliphatic carbocycles. The maximum Gasteiger partial charge on any atom is 0.229 e. The first-order chi connectivity index (χ1) is 10.9. The van der Waals surface area contributed by atoms with Crippen molar-refractivity contribution in [3.63, 3.8) is 0 Å². The maximum atomic E-state index is 5.97. The molecule has 0 N–H and O–H groups in total. The van der Waals surface area contributed by atoms with Gasteiger partial charge in [0.1, 0.15) is 17.8 Å². The molecule has 0 bridgehead atoms. The number of hydrogen-bond acceptors (Lipinski definition) is 4. The molecule has 0 spiro atoms. The second-order valence-corrected chi connectivity index (χ2v) is 4.52. The van der Waals surface area contributed by atoms with Crippen LogP contribution in [0.3, 0.4) is 0 Å². The number of benzene rings is 2. The summed E-state index contributed by atoms with van der Waals surface area (Å²) in [6.07, 6.45) is 4.72. The molecule has 0 atom stereocenters. The molecule has 2 aromatic carbocycles. The minimum Gasteiger partial charge on any atom is -0.504 e. The van der Waals surface area contributed by atoms with Gasteiger partial charge in [0.15, 0.2) is 0 Å². The zero-order valence-electron chi connectivity index (χ0n) is 12.1. The Hall–Kier alpha value is -3.01. The minimum atomic E-state index is 0.478. The number of aromatic nitrogens is 1. The van der Waals surface area contributed by atoms with Gasteiger partial charge in [-0.05, 0) is 18.2 Å². The van der Waals surface area contributed by atoms with Crippen molar-refractivity contribution in [3.8, 4) is 11.5 Å². The molecule has 22 heavy (non-hydrogen) atoms. The van der Waals surface area contributed by atoms with E-state index in [1.807, 2.05) is 54.6 Å². The highest BCUT2D eigenvalue weighted by Crippen LogP contribution is 2.33. The van der Waals surface area contributed by atoms with Gasteiger partial charge < -0.3 is 13.9 Å². The second kappa shape index (κ2) is 6.63. The first kappa shape index (κ1) is 13.9. The average molecular weight is 293 g/mol. The standard InChI is InChI=1S/C18H15NO3/c1-20-13-16(18-19-11-12-21-18)15-9-5-6-10-17(15)22-14-7-3-2-4-8-14/h2-13H,1H3/b16-13-. The van der Waals surface area contributed by atoms with Crippen molar-refractivity contribution >= 4 is 5.57 Å². The first-order valence-corrected chi connectivity index (χ1v) is 6.83. The lowest BCUT2D eigenvalue weighted by molar-refractivity contribution is 0.338. The van der Waals surface area contributed by atoms with E-state index in [2.05, 4.69) is 4.98 Å². The largest absolute Gasteiger partial charge is 0.504 e. The van der Waals surface area contributed by atoms with Crippen LogP contribution in [0.25, 0.3) is 5.57 Å². The summed E-state index contributed by atoms with van der Waals surface area (Å²) < 4.78 is 16.5. The van der Waals surface area contributed by atoms with Crippen molar-refractivity contribution in [3.05, 3.63) is 84.8 Å². The second-order valence-electron chi connectivity index (χ2n) is 4.52. The highest BCUT2D eigenvalue weighted by molar-refractivity contribution is 5.78. The van der Waals surface area contributed by atoms with Gasteiger partial charge in [-0.2, -0.15) is 0 Å². The van der Waals surface area contributed by atoms with Gasteiger partial charge >= 0.3 is 0 Å². The fraction of sp³-hybridized carbons (Fsp3) is 0.0556. The summed E-state index contributed by atoms with van der Waals surface area (Å²) in [5, 5.41) is 0. The van der Waals surface area contributed by atoms with Crippen LogP contribution >= 0.6 is 0 Å². The van der Waals surface area contributed by atoms with Crippen LogP contribution in [-0.2, 0) is 4.74 Å². The Morgan fingerprint density at radius 1 is 1.05 bits per heavy atom. The molecule has 0 radical (unpaired) electrons. The number of oxazole rings is 1. The van der Waals surface area contributed by atoms with Gasteiger partial charge in [-0.25, -0.2) is 4.98 Å². The van der Waals surface area contributed by atoms with Crippen LogP contribution in [0.4, 0.5) is 0 Å². The summed E-state index contributed by atoms with van der Waals surface area (Å²) in [4.78, 5) is 4.19. The highest BCUT2D eigenvalue weighted by atomic mass is 16.5. The number of nitrogens with zero attached hydrogens (tertiary/aromatic N) is 1. The molecule has 3 aromatic rings. The van der Waals surface area contributed by atoms with E-state index >= 15 is 0 Å². The van der Waals surface area contributed by atoms with Gasteiger partial charge in [-0.3, -0.25) is 0 Å². The first-order valence-electron chi connectivity index (χ1n) is 6.83. The van der Waals surface area contributed by atoms with Gasteiger partial charge in [0.25, 0.3) is 0 Å². The van der Waals surface area contributed by atoms with Crippen LogP contribution in [0, 0.1) is 0 Å². The van der Waals surface area contributed by atoms with Crippen molar-refractivity contribution in [2.24, 2.45) is 0 Å². The molecule has 0 amide bonds. The summed E-state index contributed by atoms with van der Waals surface area (Å²) >= 11 is 0. The lowest BCUT2D eigenvalue weighted by Gasteiger charge is -2.12. The number of hydrogen-bond donors (Lipinski definition) is 0. The number of rotatable bonds is 5. The molecule has 0 aliphatic rings. The van der Waals surface area contributed by atoms with E-state index < -0.39 is 0 Å². The van der Waals surface area contributed by atoms with E-state index in [9.17, 15) is 0 Å².